The zero-order valence-electron chi connectivity index (χ0n) is 20.5. The number of thioether (sulfide) groups is 1. The molecular formula is C27H33N3O4S2. The molecule has 0 saturated heterocycles. The number of hydrogen-bond donors (Lipinski definition) is 2. The number of nitrogens with zero attached hydrogens (tertiary/aromatic N) is 1. The molecule has 3 aromatic rings. The quantitative estimate of drug-likeness (QED) is 0.499. The van der Waals surface area contributed by atoms with Crippen LogP contribution in [0.2, 0.25) is 0 Å². The summed E-state index contributed by atoms with van der Waals surface area (Å²) >= 11 is 1.78. The topological polar surface area (TPSA) is 79.9 Å². The molecule has 36 heavy (non-hydrogen) atoms. The number of sulfonamides is 1. The maximum atomic E-state index is 13.5. The van der Waals surface area contributed by atoms with Gasteiger partial charge in [0.25, 0.3) is 0 Å². The molecule has 0 bridgehead atoms. The van der Waals surface area contributed by atoms with E-state index in [1.54, 1.807) is 23.9 Å². The molecule has 2 N–H and O–H groups in total. The van der Waals surface area contributed by atoms with Crippen molar-refractivity contribution in [3.63, 3.8) is 0 Å². The summed E-state index contributed by atoms with van der Waals surface area (Å²) in [4.78, 5) is 0.292. The normalized spacial score (nSPS) is 16.5. The molecule has 0 aromatic heterocycles. The van der Waals surface area contributed by atoms with Crippen LogP contribution in [0, 0.1) is 6.92 Å². The number of para-hydroxylation sites is 4. The first-order chi connectivity index (χ1) is 17.5. The van der Waals surface area contributed by atoms with E-state index in [1.165, 1.54) is 4.31 Å². The second kappa shape index (κ2) is 12.9. The zero-order valence-corrected chi connectivity index (χ0v) is 22.1. The van der Waals surface area contributed by atoms with Crippen LogP contribution in [0.15, 0.2) is 77.7 Å². The molecule has 0 aliphatic carbocycles. The molecule has 0 unspecified atom stereocenters. The highest BCUT2D eigenvalue weighted by atomic mass is 32.2. The minimum absolute atomic E-state index is 0.292. The number of rotatable bonds is 2. The summed E-state index contributed by atoms with van der Waals surface area (Å²) in [6, 6.07) is 22.5. The third-order valence-electron chi connectivity index (χ3n) is 5.76. The fourth-order valence-electron chi connectivity index (χ4n) is 3.84. The Balaban J connectivity index is 1.55. The fourth-order valence-corrected chi connectivity index (χ4v) is 5.89. The molecule has 1 aliphatic rings. The van der Waals surface area contributed by atoms with Gasteiger partial charge in [0.05, 0.1) is 29.5 Å². The van der Waals surface area contributed by atoms with Gasteiger partial charge in [-0.1, -0.05) is 42.0 Å². The van der Waals surface area contributed by atoms with Crippen molar-refractivity contribution in [2.75, 3.05) is 61.5 Å². The minimum atomic E-state index is -3.67. The van der Waals surface area contributed by atoms with E-state index in [0.717, 1.165) is 39.9 Å². The van der Waals surface area contributed by atoms with Gasteiger partial charge >= 0.3 is 0 Å². The maximum absolute atomic E-state index is 13.5. The van der Waals surface area contributed by atoms with E-state index in [2.05, 4.69) is 10.6 Å². The standard InChI is InChI=1S/C27H33N3O4S2/c1-22-10-12-23(13-11-22)36(31,32)30-16-14-28-24-6-2-4-8-26(24)33-18-20-35-21-19-34-27-9-5-3-7-25(27)29-15-17-30/h2-13,28-29H,14-21H2,1H3. The largest absolute Gasteiger partial charge is 0.491 e. The van der Waals surface area contributed by atoms with Crippen molar-refractivity contribution in [2.45, 2.75) is 11.8 Å². The Morgan fingerprint density at radius 1 is 0.750 bits per heavy atom. The van der Waals surface area contributed by atoms with Crippen LogP contribution in [-0.2, 0) is 10.0 Å². The van der Waals surface area contributed by atoms with Gasteiger partial charge in [0.15, 0.2) is 0 Å². The molecular weight excluding hydrogens is 494 g/mol. The SMILES string of the molecule is Cc1ccc(S(=O)(=O)N2CCNc3ccccc3OCCSCCOc3ccccc3NCC2)cc1. The molecule has 0 fully saturated rings. The Bertz CT molecular complexity index is 1160. The molecule has 3 aromatic carbocycles. The van der Waals surface area contributed by atoms with Gasteiger partial charge in [-0.2, -0.15) is 16.1 Å². The minimum Gasteiger partial charge on any atom is -0.491 e. The lowest BCUT2D eigenvalue weighted by Gasteiger charge is -2.24. The van der Waals surface area contributed by atoms with E-state index < -0.39 is 10.0 Å². The van der Waals surface area contributed by atoms with Crippen molar-refractivity contribution in [3.8, 4) is 11.5 Å². The number of hydrogen-bond acceptors (Lipinski definition) is 7. The number of anilines is 2. The lowest BCUT2D eigenvalue weighted by atomic mass is 10.2. The van der Waals surface area contributed by atoms with Gasteiger partial charge in [0, 0.05) is 37.7 Å². The summed E-state index contributed by atoms with van der Waals surface area (Å²) in [5.41, 5.74) is 2.72. The number of fused-ring (bicyclic) bond motifs is 2. The number of benzene rings is 3. The molecule has 0 atom stereocenters. The van der Waals surface area contributed by atoms with Crippen LogP contribution < -0.4 is 20.1 Å². The van der Waals surface area contributed by atoms with Gasteiger partial charge in [-0.05, 0) is 43.3 Å². The predicted octanol–water partition coefficient (Wildman–Crippen LogP) is 4.71. The van der Waals surface area contributed by atoms with Gasteiger partial charge in [-0.15, -0.1) is 0 Å². The summed E-state index contributed by atoms with van der Waals surface area (Å²) < 4.78 is 40.6. The third-order valence-corrected chi connectivity index (χ3v) is 8.58. The average Bonchev–Trinajstić information content (AvgIpc) is 2.88. The Hall–Kier alpha value is -2.88. The summed E-state index contributed by atoms with van der Waals surface area (Å²) in [6.07, 6.45) is 0. The van der Waals surface area contributed by atoms with Crippen LogP contribution >= 0.6 is 11.8 Å². The molecule has 1 heterocycles. The third kappa shape index (κ3) is 7.09. The van der Waals surface area contributed by atoms with Crippen molar-refractivity contribution < 1.29 is 17.9 Å². The predicted molar refractivity (Wildman–Crippen MR) is 148 cm³/mol. The molecule has 4 rings (SSSR count). The molecule has 0 saturated carbocycles. The van der Waals surface area contributed by atoms with Crippen LogP contribution in [0.3, 0.4) is 0 Å². The van der Waals surface area contributed by atoms with Gasteiger partial charge < -0.3 is 20.1 Å². The van der Waals surface area contributed by atoms with Gasteiger partial charge in [0.1, 0.15) is 11.5 Å². The van der Waals surface area contributed by atoms with Crippen LogP contribution in [0.5, 0.6) is 11.5 Å². The van der Waals surface area contributed by atoms with E-state index in [4.69, 9.17) is 9.47 Å². The second-order valence-corrected chi connectivity index (χ2v) is 11.5. The Labute approximate surface area is 218 Å². The monoisotopic (exact) mass is 527 g/mol. The highest BCUT2D eigenvalue weighted by Crippen LogP contribution is 2.26. The average molecular weight is 528 g/mol. The van der Waals surface area contributed by atoms with Crippen LogP contribution in [-0.4, -0.2) is 63.6 Å². The van der Waals surface area contributed by atoms with E-state index in [-0.39, 0.29) is 0 Å². The lowest BCUT2D eigenvalue weighted by molar-refractivity contribution is 0.340. The number of ether oxygens (including phenoxy) is 2. The fraction of sp³-hybridized carbons (Fsp3) is 0.333. The summed E-state index contributed by atoms with van der Waals surface area (Å²) in [5.74, 6) is 3.22. The highest BCUT2D eigenvalue weighted by molar-refractivity contribution is 7.99. The lowest BCUT2D eigenvalue weighted by Crippen LogP contribution is -2.38. The second-order valence-electron chi connectivity index (χ2n) is 8.37. The van der Waals surface area contributed by atoms with Crippen molar-refractivity contribution in [1.29, 1.82) is 0 Å². The van der Waals surface area contributed by atoms with Crippen molar-refractivity contribution >= 4 is 33.2 Å². The van der Waals surface area contributed by atoms with Gasteiger partial charge in [-0.25, -0.2) is 8.42 Å². The molecule has 192 valence electrons. The molecule has 7 nitrogen and oxygen atoms in total. The summed E-state index contributed by atoms with van der Waals surface area (Å²) in [7, 11) is -3.67. The molecule has 9 heteroatoms. The first-order valence-corrected chi connectivity index (χ1v) is 14.7. The molecule has 0 spiro atoms. The summed E-state index contributed by atoms with van der Waals surface area (Å²) in [6.45, 7) is 4.60. The van der Waals surface area contributed by atoms with Crippen LogP contribution in [0.4, 0.5) is 11.4 Å². The number of nitrogens with one attached hydrogen (secondary N) is 2. The number of aryl methyl sites for hydroxylation is 1. The van der Waals surface area contributed by atoms with E-state index in [0.29, 0.717) is 44.3 Å². The first-order valence-electron chi connectivity index (χ1n) is 12.1. The summed E-state index contributed by atoms with van der Waals surface area (Å²) in [5, 5.41) is 6.73. The van der Waals surface area contributed by atoms with Crippen molar-refractivity contribution in [3.05, 3.63) is 78.4 Å². The van der Waals surface area contributed by atoms with Crippen LogP contribution in [0.1, 0.15) is 5.56 Å². The molecule has 0 radical (unpaired) electrons. The Morgan fingerprint density at radius 2 is 1.25 bits per heavy atom. The zero-order chi connectivity index (χ0) is 25.2. The highest BCUT2D eigenvalue weighted by Gasteiger charge is 2.24. The van der Waals surface area contributed by atoms with Gasteiger partial charge in [-0.3, -0.25) is 0 Å². The van der Waals surface area contributed by atoms with Crippen molar-refractivity contribution in [1.82, 2.24) is 4.31 Å². The smallest absolute Gasteiger partial charge is 0.243 e. The Morgan fingerprint density at radius 3 is 1.78 bits per heavy atom. The molecule has 1 aliphatic heterocycles. The first kappa shape index (κ1) is 26.2. The van der Waals surface area contributed by atoms with Crippen molar-refractivity contribution in [2.24, 2.45) is 0 Å². The van der Waals surface area contributed by atoms with Crippen LogP contribution in [0.25, 0.3) is 0 Å². The molecule has 0 amide bonds. The Kier molecular flexibility index (Phi) is 9.38. The van der Waals surface area contributed by atoms with E-state index >= 15 is 0 Å². The maximum Gasteiger partial charge on any atom is 0.243 e. The van der Waals surface area contributed by atoms with Gasteiger partial charge in [0.2, 0.25) is 10.0 Å². The van der Waals surface area contributed by atoms with E-state index in [1.807, 2.05) is 67.6 Å². The van der Waals surface area contributed by atoms with E-state index in [9.17, 15) is 8.42 Å².